The highest BCUT2D eigenvalue weighted by atomic mass is 27.0. The second kappa shape index (κ2) is 24.3. The molecule has 12 nitrogen and oxygen atoms in total. The number of aliphatic hydroxyl groups excluding tert-OH is 3. The van der Waals surface area contributed by atoms with Gasteiger partial charge in [0.15, 0.2) is 17.3 Å². The van der Waals surface area contributed by atoms with Crippen LogP contribution < -0.4 is 0 Å². The van der Waals surface area contributed by atoms with Crippen molar-refractivity contribution in [3.63, 3.8) is 0 Å². The summed E-state index contributed by atoms with van der Waals surface area (Å²) in [6, 6.07) is 0. The predicted octanol–water partition coefficient (Wildman–Crippen LogP) is 18.9. The van der Waals surface area contributed by atoms with Crippen LogP contribution in [-0.2, 0) is 28.8 Å². The van der Waals surface area contributed by atoms with Crippen molar-refractivity contribution in [1.82, 2.24) is 0 Å². The van der Waals surface area contributed by atoms with Gasteiger partial charge in [-0.3, -0.25) is 28.8 Å². The van der Waals surface area contributed by atoms with Gasteiger partial charge in [-0.1, -0.05) is 141 Å². The van der Waals surface area contributed by atoms with Gasteiger partial charge in [0, 0.05) is 35.1 Å². The SMILES string of the molecule is CC1(C)[C@@H](O)CC[C@]2(C)[C@H]3C(=O)C=C4[C@@H]5C[C@@](C)(C(=O)O)CC[C@]5(C)CC[C@@]4(C)[C@]3(C)CC[C@@H]12.CC1(C)[C@@H](O)CC[C@]2(C)[C@H]3C(=O)C=C4[C@@H]5C[C@@](C)(C(=O)O)CC[C@]5(C)CC[C@@]4(C)[C@]3(C)CC[C@@H]12.CC1(C)[C@@H](O)CC[C@]2(C)[C@H]3C(=O)C=C4[C@@H]5C[C@@](C)(C(=O)O)CC[C@]5(C)CC[C@@]4(C)[C@]3(C)CC[C@@H]12.[Al]. The highest BCUT2D eigenvalue weighted by molar-refractivity contribution is 5.97. The lowest BCUT2D eigenvalue weighted by atomic mass is 9.33. The Labute approximate surface area is 631 Å². The third-order valence-electron chi connectivity index (χ3n) is 39.2. The predicted molar refractivity (Wildman–Crippen MR) is 405 cm³/mol. The molecule has 0 aromatic carbocycles. The number of carbonyl (C=O) groups is 6. The Morgan fingerprint density at radius 3 is 0.738 bits per heavy atom. The number of carbonyl (C=O) groups excluding carboxylic acids is 3. The Morgan fingerprint density at radius 1 is 0.311 bits per heavy atom. The molecule has 15 aliphatic carbocycles. The molecule has 6 N–H and O–H groups in total. The Balaban J connectivity index is 0.000000145. The molecule has 15 rings (SSSR count). The standard InChI is InChI=1S/3C30H46O4.Al/c3*1-25(2)21-8-11-30(7)23(28(21,5)10-9-22(25)32)20(31)16-18-19-17-27(4,24(33)34)13-12-26(19,3)14-15-29(18,30)6;/h3*16,19,21-23,32H,8-15,17H2,1-7H3,(H,33,34);/t3*19-,21-,22-,23+,26+,27-,28-,29+,30+;/m000./s1. The number of carboxylic acid groups (broad SMARTS) is 3. The van der Waals surface area contributed by atoms with E-state index in [1.165, 1.54) is 16.7 Å². The van der Waals surface area contributed by atoms with Gasteiger partial charge in [0.25, 0.3) is 0 Å². The fourth-order valence-electron chi connectivity index (χ4n) is 31.1. The second-order valence-corrected chi connectivity index (χ2v) is 44.8. The number of hydrogen-bond donors (Lipinski definition) is 6. The zero-order valence-electron chi connectivity index (χ0n) is 68.0. The summed E-state index contributed by atoms with van der Waals surface area (Å²) in [7, 11) is 0. The maximum atomic E-state index is 14.2. The number of fused-ring (bicyclic) bond motifs is 21. The normalized spacial score (nSPS) is 53.6. The first-order valence-electron chi connectivity index (χ1n) is 41.2. The Bertz CT molecular complexity index is 3270. The molecule has 0 heterocycles. The van der Waals surface area contributed by atoms with Gasteiger partial charge in [0.05, 0.1) is 34.6 Å². The molecular weight excluding hydrogens is 1300 g/mol. The third-order valence-corrected chi connectivity index (χ3v) is 39.2. The van der Waals surface area contributed by atoms with Crippen molar-refractivity contribution in [1.29, 1.82) is 0 Å². The van der Waals surface area contributed by atoms with E-state index in [4.69, 9.17) is 0 Å². The van der Waals surface area contributed by atoms with Crippen molar-refractivity contribution < 1.29 is 59.4 Å². The number of rotatable bonds is 3. The number of ketones is 3. The third kappa shape index (κ3) is 10.6. The lowest BCUT2D eigenvalue weighted by Crippen LogP contribution is -2.66. The van der Waals surface area contributed by atoms with Gasteiger partial charge in [-0.15, -0.1) is 0 Å². The van der Waals surface area contributed by atoms with Crippen LogP contribution in [0.5, 0.6) is 0 Å². The maximum absolute atomic E-state index is 14.2. The molecule has 103 heavy (non-hydrogen) atoms. The van der Waals surface area contributed by atoms with Crippen molar-refractivity contribution in [2.75, 3.05) is 0 Å². The van der Waals surface area contributed by atoms with Gasteiger partial charge >= 0.3 is 17.9 Å². The molecule has 573 valence electrons. The van der Waals surface area contributed by atoms with E-state index in [1.54, 1.807) is 0 Å². The van der Waals surface area contributed by atoms with Crippen LogP contribution in [0, 0.1) is 151 Å². The summed E-state index contributed by atoms with van der Waals surface area (Å²) in [4.78, 5) is 79.3. The van der Waals surface area contributed by atoms with Gasteiger partial charge in [-0.25, -0.2) is 0 Å². The van der Waals surface area contributed by atoms with Crippen LogP contribution in [0.1, 0.15) is 319 Å². The average molecular weight is 1440 g/mol. The summed E-state index contributed by atoms with van der Waals surface area (Å²) in [6.45, 7) is 47.5. The molecule has 0 aromatic rings. The molecule has 12 saturated carbocycles. The molecule has 0 aromatic heterocycles. The van der Waals surface area contributed by atoms with Crippen molar-refractivity contribution in [2.45, 2.75) is 337 Å². The zero-order valence-corrected chi connectivity index (χ0v) is 69.1. The molecule has 0 saturated heterocycles. The summed E-state index contributed by atoms with van der Waals surface area (Å²) in [5, 5.41) is 62.7. The highest BCUT2D eigenvalue weighted by Crippen LogP contribution is 2.80. The van der Waals surface area contributed by atoms with E-state index in [2.05, 4.69) is 125 Å². The van der Waals surface area contributed by atoms with E-state index < -0.39 is 34.2 Å². The second-order valence-electron chi connectivity index (χ2n) is 44.8. The van der Waals surface area contributed by atoms with Crippen molar-refractivity contribution in [3.8, 4) is 0 Å². The average Bonchev–Trinajstić information content (AvgIpc) is 0.683. The summed E-state index contributed by atoms with van der Waals surface area (Å²) in [5.74, 6) is 0.181. The minimum atomic E-state index is -0.711. The molecule has 0 amide bonds. The monoisotopic (exact) mass is 1440 g/mol. The Morgan fingerprint density at radius 2 is 0.524 bits per heavy atom. The van der Waals surface area contributed by atoms with Crippen LogP contribution in [0.15, 0.2) is 34.9 Å². The molecular formula is C90H138AlO12. The minimum absolute atomic E-state index is 0. The molecule has 15 aliphatic rings. The van der Waals surface area contributed by atoms with Crippen LogP contribution in [0.4, 0.5) is 0 Å². The first kappa shape index (κ1) is 79.6. The zero-order chi connectivity index (χ0) is 75.3. The van der Waals surface area contributed by atoms with E-state index in [0.717, 1.165) is 154 Å². The first-order chi connectivity index (χ1) is 46.7. The van der Waals surface area contributed by atoms with E-state index in [0.29, 0.717) is 37.0 Å². The summed E-state index contributed by atoms with van der Waals surface area (Å²) >= 11 is 0. The lowest BCUT2D eigenvalue weighted by molar-refractivity contribution is -0.202. The van der Waals surface area contributed by atoms with Gasteiger partial charge in [-0.05, 0) is 329 Å². The minimum Gasteiger partial charge on any atom is -0.481 e. The van der Waals surface area contributed by atoms with Gasteiger partial charge in [0.2, 0.25) is 0 Å². The molecule has 0 unspecified atom stereocenters. The number of aliphatic hydroxyl groups is 3. The molecule has 12 fully saturated rings. The van der Waals surface area contributed by atoms with Crippen LogP contribution >= 0.6 is 0 Å². The van der Waals surface area contributed by atoms with Crippen LogP contribution in [0.25, 0.3) is 0 Å². The fraction of sp³-hybridized carbons (Fsp3) is 0.867. The Kier molecular flexibility index (Phi) is 18.8. The molecule has 13 heteroatoms. The summed E-state index contributed by atoms with van der Waals surface area (Å²) < 4.78 is 0. The lowest BCUT2D eigenvalue weighted by Gasteiger charge is -2.70. The van der Waals surface area contributed by atoms with Crippen molar-refractivity contribution in [3.05, 3.63) is 34.9 Å². The van der Waals surface area contributed by atoms with Crippen LogP contribution in [0.2, 0.25) is 0 Å². The molecule has 3 radical (unpaired) electrons. The smallest absolute Gasteiger partial charge is 0.309 e. The number of carboxylic acids is 3. The number of hydrogen-bond acceptors (Lipinski definition) is 9. The van der Waals surface area contributed by atoms with Crippen LogP contribution in [-0.4, -0.2) is 102 Å². The Hall–Kier alpha value is -2.95. The van der Waals surface area contributed by atoms with Crippen molar-refractivity contribution in [2.24, 2.45) is 151 Å². The van der Waals surface area contributed by atoms with E-state index in [9.17, 15) is 59.4 Å². The highest BCUT2D eigenvalue weighted by Gasteiger charge is 2.75. The van der Waals surface area contributed by atoms with E-state index in [1.807, 2.05) is 39.0 Å². The number of aliphatic carboxylic acids is 3. The van der Waals surface area contributed by atoms with Crippen molar-refractivity contribution >= 4 is 52.6 Å². The molecule has 0 bridgehead atoms. The van der Waals surface area contributed by atoms with Gasteiger partial charge in [-0.2, -0.15) is 0 Å². The van der Waals surface area contributed by atoms with Crippen LogP contribution in [0.3, 0.4) is 0 Å². The van der Waals surface area contributed by atoms with Gasteiger partial charge < -0.3 is 30.6 Å². The fourth-order valence-corrected chi connectivity index (χ4v) is 31.1. The quantitative estimate of drug-likeness (QED) is 0.145. The molecule has 0 aliphatic heterocycles. The largest absolute Gasteiger partial charge is 0.481 e. The topological polar surface area (TPSA) is 224 Å². The molecule has 0 spiro atoms. The summed E-state index contributed by atoms with van der Waals surface area (Å²) in [6.07, 6.45) is 29.9. The first-order valence-corrected chi connectivity index (χ1v) is 41.2. The van der Waals surface area contributed by atoms with Gasteiger partial charge in [0.1, 0.15) is 0 Å². The number of allylic oxidation sites excluding steroid dienone is 6. The maximum Gasteiger partial charge on any atom is 0.309 e. The van der Waals surface area contributed by atoms with E-state index in [-0.39, 0.29) is 170 Å². The summed E-state index contributed by atoms with van der Waals surface area (Å²) in [5.41, 5.74) is 0.425. The molecule has 27 atom stereocenters. The van der Waals surface area contributed by atoms with E-state index >= 15 is 0 Å².